The summed E-state index contributed by atoms with van der Waals surface area (Å²) in [7, 11) is 0. The highest BCUT2D eigenvalue weighted by atomic mass is 32.2. The third-order valence-electron chi connectivity index (χ3n) is 3.99. The van der Waals surface area contributed by atoms with E-state index >= 15 is 0 Å². The Morgan fingerprint density at radius 1 is 1.29 bits per heavy atom. The smallest absolute Gasteiger partial charge is 0.267 e. The predicted molar refractivity (Wildman–Crippen MR) is 94.3 cm³/mol. The summed E-state index contributed by atoms with van der Waals surface area (Å²) in [6.45, 7) is 1.90. The zero-order valence-electron chi connectivity index (χ0n) is 13.4. The zero-order chi connectivity index (χ0) is 16.9. The van der Waals surface area contributed by atoms with E-state index in [4.69, 9.17) is 5.73 Å². The minimum atomic E-state index is -0.291. The second-order valence-electron chi connectivity index (χ2n) is 5.58. The third-order valence-corrected chi connectivity index (χ3v) is 4.96. The van der Waals surface area contributed by atoms with Gasteiger partial charge in [0.25, 0.3) is 11.5 Å². The van der Waals surface area contributed by atoms with Gasteiger partial charge in [0.05, 0.1) is 0 Å². The molecule has 1 aliphatic heterocycles. The second kappa shape index (κ2) is 7.63. The van der Waals surface area contributed by atoms with Gasteiger partial charge in [0.1, 0.15) is 5.56 Å². The molecule has 1 aromatic heterocycles. The summed E-state index contributed by atoms with van der Waals surface area (Å²) in [5.41, 5.74) is 6.67. The molecular formula is C17H20N4O2S. The number of carbonyl (C=O) groups excluding carboxylic acids is 1. The summed E-state index contributed by atoms with van der Waals surface area (Å²) >= 11 is 1.54. The first kappa shape index (κ1) is 16.7. The third kappa shape index (κ3) is 3.52. The van der Waals surface area contributed by atoms with Crippen LogP contribution in [0.15, 0.2) is 46.5 Å². The van der Waals surface area contributed by atoms with Crippen molar-refractivity contribution in [3.05, 3.63) is 58.0 Å². The molecule has 0 aliphatic carbocycles. The molecule has 0 atom stereocenters. The maximum absolute atomic E-state index is 12.8. The van der Waals surface area contributed by atoms with Crippen molar-refractivity contribution in [2.75, 3.05) is 25.4 Å². The molecule has 0 unspecified atom stereocenters. The van der Waals surface area contributed by atoms with Crippen molar-refractivity contribution in [2.24, 2.45) is 5.73 Å². The first-order valence-electron chi connectivity index (χ1n) is 7.96. The Labute approximate surface area is 144 Å². The Bertz CT molecular complexity index is 776. The van der Waals surface area contributed by atoms with E-state index in [2.05, 4.69) is 4.98 Å². The van der Waals surface area contributed by atoms with Gasteiger partial charge in [0.15, 0.2) is 5.16 Å². The van der Waals surface area contributed by atoms with Gasteiger partial charge in [-0.25, -0.2) is 4.98 Å². The number of benzene rings is 1. The maximum atomic E-state index is 12.8. The van der Waals surface area contributed by atoms with Crippen LogP contribution in [0.2, 0.25) is 0 Å². The highest BCUT2D eigenvalue weighted by Gasteiger charge is 2.23. The van der Waals surface area contributed by atoms with E-state index in [9.17, 15) is 9.59 Å². The normalized spacial score (nSPS) is 12.9. The maximum Gasteiger partial charge on any atom is 0.267 e. The molecule has 0 saturated carbocycles. The lowest BCUT2D eigenvalue weighted by Crippen LogP contribution is -2.40. The molecule has 0 fully saturated rings. The van der Waals surface area contributed by atoms with Crippen LogP contribution in [-0.4, -0.2) is 45.7 Å². The number of hydrogen-bond acceptors (Lipinski definition) is 5. The van der Waals surface area contributed by atoms with Gasteiger partial charge in [-0.3, -0.25) is 14.2 Å². The van der Waals surface area contributed by atoms with Crippen LogP contribution in [0.25, 0.3) is 0 Å². The van der Waals surface area contributed by atoms with Gasteiger partial charge in [-0.1, -0.05) is 42.1 Å². The molecule has 2 aromatic rings. The Morgan fingerprint density at radius 3 is 2.83 bits per heavy atom. The fourth-order valence-corrected chi connectivity index (χ4v) is 3.63. The highest BCUT2D eigenvalue weighted by Crippen LogP contribution is 2.20. The molecule has 2 heterocycles. The Hall–Kier alpha value is -2.12. The summed E-state index contributed by atoms with van der Waals surface area (Å²) in [5, 5.41) is 0.686. The van der Waals surface area contributed by atoms with E-state index in [1.807, 2.05) is 30.3 Å². The van der Waals surface area contributed by atoms with Crippen molar-refractivity contribution < 1.29 is 4.79 Å². The molecule has 3 rings (SSSR count). The van der Waals surface area contributed by atoms with Gasteiger partial charge in [0, 0.05) is 38.1 Å². The van der Waals surface area contributed by atoms with E-state index in [-0.39, 0.29) is 17.0 Å². The summed E-state index contributed by atoms with van der Waals surface area (Å²) in [6.07, 6.45) is 2.13. The van der Waals surface area contributed by atoms with Gasteiger partial charge >= 0.3 is 0 Å². The molecule has 0 saturated heterocycles. The topological polar surface area (TPSA) is 81.2 Å². The lowest BCUT2D eigenvalue weighted by atomic mass is 10.1. The van der Waals surface area contributed by atoms with Crippen LogP contribution in [0.3, 0.4) is 0 Å². The molecule has 126 valence electrons. The number of carbonyl (C=O) groups is 1. The van der Waals surface area contributed by atoms with Crippen LogP contribution in [0.1, 0.15) is 15.9 Å². The van der Waals surface area contributed by atoms with Crippen molar-refractivity contribution >= 4 is 17.7 Å². The first-order chi connectivity index (χ1) is 11.7. The van der Waals surface area contributed by atoms with E-state index in [0.717, 1.165) is 17.7 Å². The van der Waals surface area contributed by atoms with Gasteiger partial charge in [-0.2, -0.15) is 0 Å². The van der Waals surface area contributed by atoms with Crippen molar-refractivity contribution in [2.45, 2.75) is 18.1 Å². The van der Waals surface area contributed by atoms with Crippen molar-refractivity contribution in [3.63, 3.8) is 0 Å². The van der Waals surface area contributed by atoms with Crippen molar-refractivity contribution in [1.29, 1.82) is 0 Å². The van der Waals surface area contributed by atoms with Crippen LogP contribution in [0.4, 0.5) is 0 Å². The number of hydrogen-bond donors (Lipinski definition) is 1. The van der Waals surface area contributed by atoms with E-state index in [1.165, 1.54) is 18.0 Å². The molecule has 1 amide bonds. The Balaban J connectivity index is 1.78. The number of thioether (sulfide) groups is 1. The molecule has 7 heteroatoms. The standard InChI is InChI=1S/C17H20N4O2S/c18-7-9-20(8-6-13-4-2-1-3-5-13)15(22)14-12-19-17-21(16(14)23)10-11-24-17/h1-5,12H,6-11,18H2. The molecule has 0 spiro atoms. The fourth-order valence-electron chi connectivity index (χ4n) is 2.71. The quantitative estimate of drug-likeness (QED) is 0.791. The number of aromatic nitrogens is 2. The van der Waals surface area contributed by atoms with E-state index < -0.39 is 0 Å². The molecule has 0 bridgehead atoms. The molecule has 0 radical (unpaired) electrons. The van der Waals surface area contributed by atoms with Gasteiger partial charge < -0.3 is 10.6 Å². The Kier molecular flexibility index (Phi) is 5.32. The summed E-state index contributed by atoms with van der Waals surface area (Å²) in [6, 6.07) is 9.95. The first-order valence-corrected chi connectivity index (χ1v) is 8.95. The summed E-state index contributed by atoms with van der Waals surface area (Å²) < 4.78 is 1.58. The molecule has 1 aliphatic rings. The minimum Gasteiger partial charge on any atom is -0.337 e. The monoisotopic (exact) mass is 344 g/mol. The van der Waals surface area contributed by atoms with Gasteiger partial charge in [-0.05, 0) is 12.0 Å². The number of amides is 1. The molecule has 6 nitrogen and oxygen atoms in total. The summed E-state index contributed by atoms with van der Waals surface area (Å²) in [4.78, 5) is 31.2. The lowest BCUT2D eigenvalue weighted by molar-refractivity contribution is 0.0758. The summed E-state index contributed by atoms with van der Waals surface area (Å²) in [5.74, 6) is 0.529. The number of nitrogens with two attached hydrogens (primary N) is 1. The average Bonchev–Trinajstić information content (AvgIpc) is 3.09. The van der Waals surface area contributed by atoms with Gasteiger partial charge in [-0.15, -0.1) is 0 Å². The largest absolute Gasteiger partial charge is 0.337 e. The van der Waals surface area contributed by atoms with Crippen LogP contribution in [-0.2, 0) is 13.0 Å². The van der Waals surface area contributed by atoms with Crippen molar-refractivity contribution in [3.8, 4) is 0 Å². The number of nitrogens with zero attached hydrogens (tertiary/aromatic N) is 3. The number of rotatable bonds is 6. The Morgan fingerprint density at radius 2 is 2.08 bits per heavy atom. The molecular weight excluding hydrogens is 324 g/mol. The molecule has 24 heavy (non-hydrogen) atoms. The van der Waals surface area contributed by atoms with Crippen LogP contribution < -0.4 is 11.3 Å². The zero-order valence-corrected chi connectivity index (χ0v) is 14.2. The predicted octanol–water partition coefficient (Wildman–Crippen LogP) is 0.993. The van der Waals surface area contributed by atoms with E-state index in [1.54, 1.807) is 9.47 Å². The van der Waals surface area contributed by atoms with Crippen LogP contribution in [0.5, 0.6) is 0 Å². The minimum absolute atomic E-state index is 0.128. The van der Waals surface area contributed by atoms with Gasteiger partial charge in [0.2, 0.25) is 0 Å². The highest BCUT2D eigenvalue weighted by molar-refractivity contribution is 7.99. The second-order valence-corrected chi connectivity index (χ2v) is 6.64. The average molecular weight is 344 g/mol. The van der Waals surface area contributed by atoms with E-state index in [0.29, 0.717) is 31.3 Å². The fraction of sp³-hybridized carbons (Fsp3) is 0.353. The molecule has 1 aromatic carbocycles. The van der Waals surface area contributed by atoms with Crippen molar-refractivity contribution in [1.82, 2.24) is 14.5 Å². The number of fused-ring (bicyclic) bond motifs is 1. The molecule has 2 N–H and O–H groups in total. The SMILES string of the molecule is NCCN(CCc1ccccc1)C(=O)c1cnc2n(c1=O)CCS2. The van der Waals surface area contributed by atoms with Crippen LogP contribution in [0, 0.1) is 0 Å². The van der Waals surface area contributed by atoms with Crippen LogP contribution >= 0.6 is 11.8 Å². The lowest BCUT2D eigenvalue weighted by Gasteiger charge is -2.22.